The fourth-order valence-electron chi connectivity index (χ4n) is 6.74. The summed E-state index contributed by atoms with van der Waals surface area (Å²) < 4.78 is 16.2. The standard InChI is InChI=1S/C36H45N7O5/c1-6-11-43(34(44)16-38-36(45)47-5)19-32-37-15-30(40-32)24-7-9-26-25(12-24)21-48-31-14-27-23(13-28(26)31)8-10-29-35(27)41-33(39-29)18-42(3)17-22(2)20-46-4/h7,9,12-15,22H,6,8,10-11,16-21H2,1-5H3,(H,37,40)(H,38,45)(H,39,41)/t22-/m1/s1. The van der Waals surface area contributed by atoms with Crippen molar-refractivity contribution in [2.24, 2.45) is 5.92 Å². The molecule has 1 aliphatic carbocycles. The first-order valence-corrected chi connectivity index (χ1v) is 16.6. The number of aromatic amines is 2. The molecule has 1 aliphatic heterocycles. The molecule has 2 amide bonds. The van der Waals surface area contributed by atoms with Crippen LogP contribution in [0.2, 0.25) is 0 Å². The summed E-state index contributed by atoms with van der Waals surface area (Å²) in [6.45, 7) is 7.83. The van der Waals surface area contributed by atoms with E-state index in [1.165, 1.54) is 23.8 Å². The Balaban J connectivity index is 1.17. The van der Waals surface area contributed by atoms with Gasteiger partial charge in [-0.25, -0.2) is 14.8 Å². The molecule has 0 bridgehead atoms. The van der Waals surface area contributed by atoms with Crippen LogP contribution in [0, 0.1) is 5.92 Å². The smallest absolute Gasteiger partial charge is 0.407 e. The lowest BCUT2D eigenvalue weighted by atomic mass is 9.86. The number of amides is 2. The molecular formula is C36H45N7O5. The number of carbonyl (C=O) groups is 2. The zero-order valence-electron chi connectivity index (χ0n) is 28.4. The van der Waals surface area contributed by atoms with Crippen LogP contribution in [-0.4, -0.2) is 89.2 Å². The van der Waals surface area contributed by atoms with Crippen LogP contribution in [0.15, 0.2) is 36.5 Å². The molecule has 2 aromatic heterocycles. The first-order valence-electron chi connectivity index (χ1n) is 16.6. The summed E-state index contributed by atoms with van der Waals surface area (Å²) >= 11 is 0. The van der Waals surface area contributed by atoms with E-state index in [1.54, 1.807) is 18.2 Å². The first kappa shape index (κ1) is 33.2. The summed E-state index contributed by atoms with van der Waals surface area (Å²) in [6.07, 6.45) is 3.77. The minimum Gasteiger partial charge on any atom is -0.488 e. The number of aryl methyl sites for hydroxylation is 2. The number of alkyl carbamates (subject to hydrolysis) is 1. The molecule has 0 fully saturated rings. The summed E-state index contributed by atoms with van der Waals surface area (Å²) in [6, 6.07) is 10.9. The Morgan fingerprint density at radius 3 is 2.69 bits per heavy atom. The van der Waals surface area contributed by atoms with Crippen molar-refractivity contribution >= 4 is 12.0 Å². The fraction of sp³-hybridized carbons (Fsp3) is 0.444. The number of imidazole rings is 2. The van der Waals surface area contributed by atoms with E-state index < -0.39 is 6.09 Å². The van der Waals surface area contributed by atoms with Gasteiger partial charge in [-0.2, -0.15) is 0 Å². The number of hydrogen-bond donors (Lipinski definition) is 3. The first-order chi connectivity index (χ1) is 23.3. The van der Waals surface area contributed by atoms with Crippen LogP contribution in [0.25, 0.3) is 33.6 Å². The molecule has 6 rings (SSSR count). The number of nitrogens with zero attached hydrogens (tertiary/aromatic N) is 4. The van der Waals surface area contributed by atoms with Crippen molar-refractivity contribution in [3.05, 3.63) is 65.0 Å². The van der Waals surface area contributed by atoms with Crippen LogP contribution in [0.5, 0.6) is 5.75 Å². The average Bonchev–Trinajstić information content (AvgIpc) is 3.72. The average molecular weight is 656 g/mol. The summed E-state index contributed by atoms with van der Waals surface area (Å²) in [5.74, 6) is 2.79. The number of methoxy groups -OCH3 is 2. The third kappa shape index (κ3) is 7.24. The molecule has 2 aromatic carbocycles. The zero-order chi connectivity index (χ0) is 33.8. The van der Waals surface area contributed by atoms with Gasteiger partial charge in [-0.15, -0.1) is 0 Å². The third-order valence-corrected chi connectivity index (χ3v) is 8.90. The number of fused-ring (bicyclic) bond motifs is 6. The van der Waals surface area contributed by atoms with Crippen LogP contribution < -0.4 is 10.1 Å². The van der Waals surface area contributed by atoms with Crippen LogP contribution >= 0.6 is 0 Å². The summed E-state index contributed by atoms with van der Waals surface area (Å²) in [5, 5.41) is 2.46. The van der Waals surface area contributed by atoms with Gasteiger partial charge in [0.15, 0.2) is 0 Å². The van der Waals surface area contributed by atoms with Gasteiger partial charge in [0.2, 0.25) is 5.91 Å². The van der Waals surface area contributed by atoms with E-state index in [9.17, 15) is 9.59 Å². The van der Waals surface area contributed by atoms with E-state index >= 15 is 0 Å². The van der Waals surface area contributed by atoms with Crippen LogP contribution in [-0.2, 0) is 46.8 Å². The van der Waals surface area contributed by atoms with Crippen LogP contribution in [0.3, 0.4) is 0 Å². The number of H-pyrrole nitrogens is 2. The van der Waals surface area contributed by atoms with Crippen molar-refractivity contribution in [3.63, 3.8) is 0 Å². The largest absolute Gasteiger partial charge is 0.488 e. The van der Waals surface area contributed by atoms with Crippen molar-refractivity contribution in [3.8, 4) is 39.4 Å². The molecular weight excluding hydrogens is 610 g/mol. The Morgan fingerprint density at radius 1 is 1.04 bits per heavy atom. The number of aromatic nitrogens is 4. The predicted octanol–water partition coefficient (Wildman–Crippen LogP) is 4.93. The number of rotatable bonds is 13. The van der Waals surface area contributed by atoms with E-state index in [1.807, 2.05) is 6.92 Å². The Morgan fingerprint density at radius 2 is 1.90 bits per heavy atom. The van der Waals surface area contributed by atoms with E-state index in [0.29, 0.717) is 31.4 Å². The highest BCUT2D eigenvalue weighted by Gasteiger charge is 2.26. The normalized spacial score (nSPS) is 13.5. The topological polar surface area (TPSA) is 138 Å². The molecule has 3 N–H and O–H groups in total. The van der Waals surface area contributed by atoms with Gasteiger partial charge < -0.3 is 34.4 Å². The lowest BCUT2D eigenvalue weighted by Gasteiger charge is -2.25. The van der Waals surface area contributed by atoms with Gasteiger partial charge in [0.25, 0.3) is 0 Å². The number of ether oxygens (including phenoxy) is 3. The number of nitrogens with one attached hydrogen (secondary N) is 3. The molecule has 12 nitrogen and oxygen atoms in total. The second-order valence-corrected chi connectivity index (χ2v) is 12.8. The van der Waals surface area contributed by atoms with Gasteiger partial charge >= 0.3 is 6.09 Å². The van der Waals surface area contributed by atoms with Crippen LogP contribution in [0.4, 0.5) is 4.79 Å². The van der Waals surface area contributed by atoms with Crippen molar-refractivity contribution in [2.45, 2.75) is 52.8 Å². The van der Waals surface area contributed by atoms with Gasteiger partial charge in [0, 0.05) is 37.9 Å². The molecule has 0 radical (unpaired) electrons. The van der Waals surface area contributed by atoms with E-state index in [0.717, 1.165) is 84.3 Å². The van der Waals surface area contributed by atoms with Crippen LogP contribution in [0.1, 0.15) is 48.7 Å². The van der Waals surface area contributed by atoms with Crippen molar-refractivity contribution < 1.29 is 23.8 Å². The number of benzene rings is 2. The van der Waals surface area contributed by atoms with Gasteiger partial charge in [0.05, 0.1) is 43.5 Å². The Kier molecular flexibility index (Phi) is 10.1. The second kappa shape index (κ2) is 14.6. The summed E-state index contributed by atoms with van der Waals surface area (Å²) in [5.41, 5.74) is 9.94. The van der Waals surface area contributed by atoms with Crippen molar-refractivity contribution in [1.29, 1.82) is 0 Å². The molecule has 12 heteroatoms. The molecule has 0 spiro atoms. The van der Waals surface area contributed by atoms with Gasteiger partial charge in [-0.05, 0) is 72.7 Å². The number of carbonyl (C=O) groups excluding carboxylic acids is 2. The van der Waals surface area contributed by atoms with Gasteiger partial charge in [-0.3, -0.25) is 9.69 Å². The van der Waals surface area contributed by atoms with Crippen molar-refractivity contribution in [1.82, 2.24) is 35.1 Å². The lowest BCUT2D eigenvalue weighted by molar-refractivity contribution is -0.130. The molecule has 0 saturated heterocycles. The maximum absolute atomic E-state index is 12.7. The third-order valence-electron chi connectivity index (χ3n) is 8.90. The SMILES string of the molecule is CCCN(Cc1ncc(-c2ccc3c(c2)COc2cc4c(cc2-3)CCc2nc(CN(C)C[C@@H](C)COC)[nH]c2-4)[nH]1)C(=O)CNC(=O)OC. The van der Waals surface area contributed by atoms with E-state index in [4.69, 9.17) is 14.5 Å². The molecule has 2 aliphatic rings. The van der Waals surface area contributed by atoms with Gasteiger partial charge in [0.1, 0.15) is 30.5 Å². The highest BCUT2D eigenvalue weighted by Crippen LogP contribution is 2.44. The predicted molar refractivity (Wildman–Crippen MR) is 182 cm³/mol. The molecule has 4 aromatic rings. The minimum atomic E-state index is -0.636. The minimum absolute atomic E-state index is 0.132. The molecule has 0 unspecified atom stereocenters. The summed E-state index contributed by atoms with van der Waals surface area (Å²) in [7, 11) is 5.14. The van der Waals surface area contributed by atoms with E-state index in [2.05, 4.69) is 74.2 Å². The van der Waals surface area contributed by atoms with Crippen molar-refractivity contribution in [2.75, 3.05) is 47.5 Å². The van der Waals surface area contributed by atoms with Gasteiger partial charge in [-0.1, -0.05) is 26.0 Å². The fourth-order valence-corrected chi connectivity index (χ4v) is 6.74. The highest BCUT2D eigenvalue weighted by molar-refractivity contribution is 5.84. The second-order valence-electron chi connectivity index (χ2n) is 12.8. The molecule has 3 heterocycles. The number of hydrogen-bond acceptors (Lipinski definition) is 8. The Hall–Kier alpha value is -4.68. The highest BCUT2D eigenvalue weighted by atomic mass is 16.5. The quantitative estimate of drug-likeness (QED) is 0.184. The monoisotopic (exact) mass is 655 g/mol. The Bertz CT molecular complexity index is 1780. The van der Waals surface area contributed by atoms with E-state index in [-0.39, 0.29) is 12.5 Å². The maximum atomic E-state index is 12.7. The lowest BCUT2D eigenvalue weighted by Crippen LogP contribution is -2.40. The maximum Gasteiger partial charge on any atom is 0.407 e. The molecule has 254 valence electrons. The Labute approximate surface area is 281 Å². The molecule has 0 saturated carbocycles. The molecule has 48 heavy (non-hydrogen) atoms. The molecule has 1 atom stereocenters. The summed E-state index contributed by atoms with van der Waals surface area (Å²) in [4.78, 5) is 44.6. The zero-order valence-corrected chi connectivity index (χ0v) is 28.4.